The van der Waals surface area contributed by atoms with Gasteiger partial charge in [0.25, 0.3) is 5.91 Å². The zero-order valence-electron chi connectivity index (χ0n) is 14.0. The normalized spacial score (nSPS) is 21.1. The highest BCUT2D eigenvalue weighted by Gasteiger charge is 2.32. The van der Waals surface area contributed by atoms with Gasteiger partial charge in [0.2, 0.25) is 0 Å². The number of rotatable bonds is 6. The molecule has 2 atom stereocenters. The lowest BCUT2D eigenvalue weighted by Crippen LogP contribution is -2.48. The Kier molecular flexibility index (Phi) is 5.58. The molecular formula is C18H27N3O. The van der Waals surface area contributed by atoms with E-state index in [1.165, 1.54) is 0 Å². The molecule has 1 amide bonds. The van der Waals surface area contributed by atoms with Crippen molar-refractivity contribution in [3.05, 3.63) is 42.3 Å². The van der Waals surface area contributed by atoms with Gasteiger partial charge in [0, 0.05) is 18.8 Å². The highest BCUT2D eigenvalue weighted by Crippen LogP contribution is 2.25. The Morgan fingerprint density at radius 1 is 1.55 bits per heavy atom. The molecule has 4 heteroatoms. The van der Waals surface area contributed by atoms with E-state index in [4.69, 9.17) is 0 Å². The van der Waals surface area contributed by atoms with E-state index in [1.807, 2.05) is 31.0 Å². The largest absolute Gasteiger partial charge is 0.327 e. The summed E-state index contributed by atoms with van der Waals surface area (Å²) in [6, 6.07) is 2.25. The van der Waals surface area contributed by atoms with E-state index in [-0.39, 0.29) is 18.0 Å². The molecule has 0 fully saturated rings. The standard InChI is InChI=1S/C18H27N3O/c1-5-7-10-16-12-8-11-15(9-6-2)21(16)18(22)17-13-14(3)20(4)19-17/h6,8,12-13,15-16H,2,5,7,9-11H2,1,3-4H3/t15-,16-/m0/s1. The molecule has 1 aromatic rings. The second kappa shape index (κ2) is 7.43. The summed E-state index contributed by atoms with van der Waals surface area (Å²) in [5, 5.41) is 4.37. The molecule has 0 aliphatic carbocycles. The molecule has 2 heterocycles. The summed E-state index contributed by atoms with van der Waals surface area (Å²) in [5.41, 5.74) is 1.55. The smallest absolute Gasteiger partial charge is 0.275 e. The van der Waals surface area contributed by atoms with Gasteiger partial charge in [-0.3, -0.25) is 9.48 Å². The first-order valence-electron chi connectivity index (χ1n) is 8.19. The molecule has 4 nitrogen and oxygen atoms in total. The van der Waals surface area contributed by atoms with Gasteiger partial charge < -0.3 is 4.90 Å². The summed E-state index contributed by atoms with van der Waals surface area (Å²) in [6.45, 7) is 8.00. The van der Waals surface area contributed by atoms with Crippen LogP contribution in [0, 0.1) is 6.92 Å². The lowest BCUT2D eigenvalue weighted by molar-refractivity contribution is 0.0586. The fourth-order valence-electron chi connectivity index (χ4n) is 3.03. The average Bonchev–Trinajstić information content (AvgIpc) is 2.84. The lowest BCUT2D eigenvalue weighted by Gasteiger charge is -2.39. The van der Waals surface area contributed by atoms with Crippen LogP contribution in [0.4, 0.5) is 0 Å². The number of unbranched alkanes of at least 4 members (excludes halogenated alkanes) is 1. The Bertz CT molecular complexity index is 539. The van der Waals surface area contributed by atoms with Crippen molar-refractivity contribution in [2.24, 2.45) is 7.05 Å². The predicted molar refractivity (Wildman–Crippen MR) is 89.8 cm³/mol. The molecule has 0 saturated carbocycles. The quantitative estimate of drug-likeness (QED) is 0.752. The molecule has 120 valence electrons. The first kappa shape index (κ1) is 16.5. The number of nitrogens with zero attached hydrogens (tertiary/aromatic N) is 3. The van der Waals surface area contributed by atoms with Crippen molar-refractivity contribution in [3.8, 4) is 0 Å². The molecule has 22 heavy (non-hydrogen) atoms. The van der Waals surface area contributed by atoms with E-state index < -0.39 is 0 Å². The number of amides is 1. The Morgan fingerprint density at radius 2 is 2.32 bits per heavy atom. The van der Waals surface area contributed by atoms with Crippen molar-refractivity contribution in [1.29, 1.82) is 0 Å². The predicted octanol–water partition coefficient (Wildman–Crippen LogP) is 3.63. The molecule has 0 unspecified atom stereocenters. The van der Waals surface area contributed by atoms with Crippen molar-refractivity contribution in [1.82, 2.24) is 14.7 Å². The van der Waals surface area contributed by atoms with Gasteiger partial charge >= 0.3 is 0 Å². The second-order valence-corrected chi connectivity index (χ2v) is 6.06. The van der Waals surface area contributed by atoms with Crippen LogP contribution in [0.3, 0.4) is 0 Å². The molecule has 1 aliphatic heterocycles. The first-order chi connectivity index (χ1) is 10.6. The Morgan fingerprint density at radius 3 is 2.91 bits per heavy atom. The van der Waals surface area contributed by atoms with Crippen LogP contribution in [0.5, 0.6) is 0 Å². The maximum absolute atomic E-state index is 13.0. The van der Waals surface area contributed by atoms with Crippen LogP contribution in [0.15, 0.2) is 30.9 Å². The summed E-state index contributed by atoms with van der Waals surface area (Å²) in [4.78, 5) is 15.0. The van der Waals surface area contributed by atoms with E-state index in [0.29, 0.717) is 5.69 Å². The lowest BCUT2D eigenvalue weighted by atomic mass is 9.96. The summed E-state index contributed by atoms with van der Waals surface area (Å²) in [5.74, 6) is 0.0426. The van der Waals surface area contributed by atoms with Gasteiger partial charge in [0.1, 0.15) is 0 Å². The highest BCUT2D eigenvalue weighted by molar-refractivity contribution is 5.93. The Balaban J connectivity index is 2.27. The zero-order chi connectivity index (χ0) is 16.1. The van der Waals surface area contributed by atoms with E-state index >= 15 is 0 Å². The van der Waals surface area contributed by atoms with Crippen molar-refractivity contribution in [2.45, 2.75) is 58.0 Å². The molecule has 2 rings (SSSR count). The zero-order valence-corrected chi connectivity index (χ0v) is 14.0. The fraction of sp³-hybridized carbons (Fsp3) is 0.556. The van der Waals surface area contributed by atoms with Crippen molar-refractivity contribution < 1.29 is 4.79 Å². The third kappa shape index (κ3) is 3.49. The van der Waals surface area contributed by atoms with E-state index in [0.717, 1.165) is 37.8 Å². The van der Waals surface area contributed by atoms with Crippen LogP contribution in [0.1, 0.15) is 55.2 Å². The van der Waals surface area contributed by atoms with Gasteiger partial charge in [-0.25, -0.2) is 0 Å². The molecule has 0 aromatic carbocycles. The van der Waals surface area contributed by atoms with Crippen molar-refractivity contribution in [2.75, 3.05) is 0 Å². The number of hydrogen-bond acceptors (Lipinski definition) is 2. The number of carbonyl (C=O) groups excluding carboxylic acids is 1. The SMILES string of the molecule is C=CC[C@H]1CC=C[C@H](CCCC)N1C(=O)c1cc(C)n(C)n1. The van der Waals surface area contributed by atoms with Crippen LogP contribution in [-0.2, 0) is 7.05 Å². The third-order valence-corrected chi connectivity index (χ3v) is 4.38. The number of hydrogen-bond donors (Lipinski definition) is 0. The molecule has 0 saturated heterocycles. The van der Waals surface area contributed by atoms with Gasteiger partial charge in [-0.05, 0) is 32.3 Å². The summed E-state index contributed by atoms with van der Waals surface area (Å²) in [6.07, 6.45) is 11.3. The van der Waals surface area contributed by atoms with Crippen LogP contribution in [0.2, 0.25) is 0 Å². The third-order valence-electron chi connectivity index (χ3n) is 4.38. The second-order valence-electron chi connectivity index (χ2n) is 6.06. The fourth-order valence-corrected chi connectivity index (χ4v) is 3.03. The average molecular weight is 301 g/mol. The van der Waals surface area contributed by atoms with E-state index in [2.05, 4.69) is 30.8 Å². The van der Waals surface area contributed by atoms with Crippen LogP contribution < -0.4 is 0 Å². The van der Waals surface area contributed by atoms with Gasteiger partial charge in [0.15, 0.2) is 5.69 Å². The molecule has 1 aliphatic rings. The van der Waals surface area contributed by atoms with Crippen LogP contribution >= 0.6 is 0 Å². The van der Waals surface area contributed by atoms with E-state index in [9.17, 15) is 4.79 Å². The minimum atomic E-state index is 0.0426. The highest BCUT2D eigenvalue weighted by atomic mass is 16.2. The minimum Gasteiger partial charge on any atom is -0.327 e. The van der Waals surface area contributed by atoms with Gasteiger partial charge in [-0.2, -0.15) is 5.10 Å². The number of carbonyl (C=O) groups is 1. The molecule has 0 bridgehead atoms. The molecule has 0 radical (unpaired) electrons. The van der Waals surface area contributed by atoms with E-state index in [1.54, 1.807) is 4.68 Å². The topological polar surface area (TPSA) is 38.1 Å². The maximum Gasteiger partial charge on any atom is 0.275 e. The van der Waals surface area contributed by atoms with Gasteiger partial charge in [-0.1, -0.05) is 38.0 Å². The van der Waals surface area contributed by atoms with Crippen molar-refractivity contribution in [3.63, 3.8) is 0 Å². The maximum atomic E-state index is 13.0. The summed E-state index contributed by atoms with van der Waals surface area (Å²) < 4.78 is 1.76. The number of aromatic nitrogens is 2. The van der Waals surface area contributed by atoms with Crippen LogP contribution in [0.25, 0.3) is 0 Å². The Labute approximate surface area is 133 Å². The number of aryl methyl sites for hydroxylation is 2. The molecular weight excluding hydrogens is 274 g/mol. The molecule has 1 aromatic heterocycles. The monoisotopic (exact) mass is 301 g/mol. The Hall–Kier alpha value is -1.84. The first-order valence-corrected chi connectivity index (χ1v) is 8.19. The molecule has 0 spiro atoms. The minimum absolute atomic E-state index is 0.0426. The summed E-state index contributed by atoms with van der Waals surface area (Å²) >= 11 is 0. The van der Waals surface area contributed by atoms with Crippen molar-refractivity contribution >= 4 is 5.91 Å². The molecule has 0 N–H and O–H groups in total. The van der Waals surface area contributed by atoms with Crippen LogP contribution in [-0.4, -0.2) is 32.7 Å². The summed E-state index contributed by atoms with van der Waals surface area (Å²) in [7, 11) is 1.87. The van der Waals surface area contributed by atoms with Gasteiger partial charge in [0.05, 0.1) is 6.04 Å². The van der Waals surface area contributed by atoms with Gasteiger partial charge in [-0.15, -0.1) is 6.58 Å².